The summed E-state index contributed by atoms with van der Waals surface area (Å²) in [6.45, 7) is 6.44. The second-order valence-corrected chi connectivity index (χ2v) is 6.27. The summed E-state index contributed by atoms with van der Waals surface area (Å²) < 4.78 is 0. The highest BCUT2D eigenvalue weighted by molar-refractivity contribution is 5.82. The van der Waals surface area contributed by atoms with Crippen molar-refractivity contribution in [2.75, 3.05) is 0 Å². The van der Waals surface area contributed by atoms with E-state index in [1.54, 1.807) is 7.05 Å². The molecule has 100 valence electrons. The maximum atomic E-state index is 12.2. The van der Waals surface area contributed by atoms with Gasteiger partial charge < -0.3 is 0 Å². The Morgan fingerprint density at radius 3 is 2.67 bits per heavy atom. The summed E-state index contributed by atoms with van der Waals surface area (Å²) in [5.41, 5.74) is -0.0831. The highest BCUT2D eigenvalue weighted by atomic mass is 16.1. The molecule has 1 aromatic rings. The predicted octanol–water partition coefficient (Wildman–Crippen LogP) is 1.78. The molecule has 1 aliphatic rings. The van der Waals surface area contributed by atoms with Crippen LogP contribution in [-0.4, -0.2) is 26.0 Å². The van der Waals surface area contributed by atoms with Crippen LogP contribution in [0.3, 0.4) is 0 Å². The van der Waals surface area contributed by atoms with Gasteiger partial charge in [0.15, 0.2) is 5.82 Å². The third-order valence-electron chi connectivity index (χ3n) is 3.99. The second kappa shape index (κ2) is 4.78. The van der Waals surface area contributed by atoms with E-state index in [4.69, 9.17) is 0 Å². The molecule has 1 aliphatic carbocycles. The third-order valence-corrected chi connectivity index (χ3v) is 3.99. The zero-order chi connectivity index (χ0) is 13.3. The lowest BCUT2D eigenvalue weighted by Gasteiger charge is -2.36. The standard InChI is InChI=1S/C13H22N4O/c1-9-5-6-10(11(18)7-9)13(2,3)8-12-14-16-17(4)15-12/h9-10H,5-8H2,1-4H3. The predicted molar refractivity (Wildman–Crippen MR) is 67.8 cm³/mol. The van der Waals surface area contributed by atoms with Gasteiger partial charge in [0.05, 0.1) is 7.05 Å². The van der Waals surface area contributed by atoms with Crippen molar-refractivity contribution >= 4 is 5.78 Å². The van der Waals surface area contributed by atoms with Crippen molar-refractivity contribution < 1.29 is 4.79 Å². The zero-order valence-electron chi connectivity index (χ0n) is 11.7. The fraction of sp³-hybridized carbons (Fsp3) is 0.846. The van der Waals surface area contributed by atoms with Crippen molar-refractivity contribution in [3.8, 4) is 0 Å². The van der Waals surface area contributed by atoms with Gasteiger partial charge in [-0.2, -0.15) is 4.80 Å². The number of Topliss-reactive ketones (excluding diaryl/α,β-unsaturated/α-hetero) is 1. The van der Waals surface area contributed by atoms with Gasteiger partial charge in [-0.05, 0) is 29.4 Å². The molecule has 1 fully saturated rings. The number of aryl methyl sites for hydroxylation is 1. The van der Waals surface area contributed by atoms with Gasteiger partial charge >= 0.3 is 0 Å². The summed E-state index contributed by atoms with van der Waals surface area (Å²) >= 11 is 0. The number of hydrogen-bond acceptors (Lipinski definition) is 4. The number of aromatic nitrogens is 4. The highest BCUT2D eigenvalue weighted by Gasteiger charge is 2.38. The van der Waals surface area contributed by atoms with E-state index in [0.29, 0.717) is 18.1 Å². The molecule has 0 saturated heterocycles. The number of rotatable bonds is 3. The summed E-state index contributed by atoms with van der Waals surface area (Å²) in [7, 11) is 1.76. The van der Waals surface area contributed by atoms with Crippen molar-refractivity contribution in [3.05, 3.63) is 5.82 Å². The van der Waals surface area contributed by atoms with Crippen molar-refractivity contribution in [3.63, 3.8) is 0 Å². The Morgan fingerprint density at radius 1 is 1.39 bits per heavy atom. The van der Waals surface area contributed by atoms with Crippen LogP contribution in [0.15, 0.2) is 0 Å². The molecule has 2 atom stereocenters. The lowest BCUT2D eigenvalue weighted by molar-refractivity contribution is -0.129. The minimum Gasteiger partial charge on any atom is -0.299 e. The molecule has 0 amide bonds. The van der Waals surface area contributed by atoms with E-state index >= 15 is 0 Å². The van der Waals surface area contributed by atoms with Crippen molar-refractivity contribution in [1.82, 2.24) is 20.2 Å². The van der Waals surface area contributed by atoms with Crippen LogP contribution < -0.4 is 0 Å². The number of ketones is 1. The molecule has 2 rings (SSSR count). The Morgan fingerprint density at radius 2 is 2.11 bits per heavy atom. The lowest BCUT2D eigenvalue weighted by atomic mass is 9.67. The molecule has 0 aromatic carbocycles. The monoisotopic (exact) mass is 250 g/mol. The summed E-state index contributed by atoms with van der Waals surface area (Å²) in [6, 6.07) is 0. The smallest absolute Gasteiger partial charge is 0.175 e. The first-order chi connectivity index (χ1) is 8.38. The molecular weight excluding hydrogens is 228 g/mol. The van der Waals surface area contributed by atoms with Crippen molar-refractivity contribution in [1.29, 1.82) is 0 Å². The van der Waals surface area contributed by atoms with E-state index in [9.17, 15) is 4.79 Å². The molecule has 0 radical (unpaired) electrons. The van der Waals surface area contributed by atoms with Crippen LogP contribution >= 0.6 is 0 Å². The zero-order valence-corrected chi connectivity index (χ0v) is 11.7. The van der Waals surface area contributed by atoms with E-state index < -0.39 is 0 Å². The molecule has 5 nitrogen and oxygen atoms in total. The van der Waals surface area contributed by atoms with Crippen LogP contribution in [0.4, 0.5) is 0 Å². The average Bonchev–Trinajstić information content (AvgIpc) is 2.62. The van der Waals surface area contributed by atoms with E-state index in [1.807, 2.05) is 0 Å². The Kier molecular flexibility index (Phi) is 3.50. The summed E-state index contributed by atoms with van der Waals surface area (Å²) in [5, 5.41) is 12.1. The van der Waals surface area contributed by atoms with Gasteiger partial charge in [0.25, 0.3) is 0 Å². The summed E-state index contributed by atoms with van der Waals surface area (Å²) in [5.74, 6) is 1.81. The Bertz CT molecular complexity index is 438. The van der Waals surface area contributed by atoms with Crippen LogP contribution in [0.1, 0.15) is 45.9 Å². The highest BCUT2D eigenvalue weighted by Crippen LogP contribution is 2.39. The van der Waals surface area contributed by atoms with Gasteiger partial charge in [-0.25, -0.2) is 0 Å². The number of carbonyl (C=O) groups is 1. The Labute approximate surface area is 108 Å². The molecule has 2 unspecified atom stereocenters. The minimum absolute atomic E-state index is 0.0831. The van der Waals surface area contributed by atoms with Gasteiger partial charge in [0.1, 0.15) is 5.78 Å². The van der Waals surface area contributed by atoms with E-state index in [0.717, 1.165) is 25.1 Å². The normalized spacial score (nSPS) is 25.4. The number of nitrogens with zero attached hydrogens (tertiary/aromatic N) is 4. The van der Waals surface area contributed by atoms with Gasteiger partial charge in [0.2, 0.25) is 0 Å². The van der Waals surface area contributed by atoms with E-state index in [1.165, 1.54) is 4.80 Å². The van der Waals surface area contributed by atoms with Gasteiger partial charge in [-0.1, -0.05) is 20.8 Å². The van der Waals surface area contributed by atoms with Gasteiger partial charge in [0, 0.05) is 18.8 Å². The number of tetrazole rings is 1. The average molecular weight is 250 g/mol. The molecule has 18 heavy (non-hydrogen) atoms. The topological polar surface area (TPSA) is 60.7 Å². The molecule has 5 heteroatoms. The first kappa shape index (κ1) is 13.2. The minimum atomic E-state index is -0.0831. The van der Waals surface area contributed by atoms with Crippen LogP contribution in [0, 0.1) is 17.3 Å². The van der Waals surface area contributed by atoms with Crippen LogP contribution in [-0.2, 0) is 18.3 Å². The molecule has 1 heterocycles. The van der Waals surface area contributed by atoms with E-state index in [2.05, 4.69) is 36.2 Å². The molecule has 0 aliphatic heterocycles. The molecule has 1 aromatic heterocycles. The molecule has 0 N–H and O–H groups in total. The van der Waals surface area contributed by atoms with Crippen LogP contribution in [0.25, 0.3) is 0 Å². The maximum absolute atomic E-state index is 12.2. The van der Waals surface area contributed by atoms with Crippen molar-refractivity contribution in [2.24, 2.45) is 24.3 Å². The quantitative estimate of drug-likeness (QED) is 0.820. The van der Waals surface area contributed by atoms with Gasteiger partial charge in [-0.3, -0.25) is 4.79 Å². The SMILES string of the molecule is CC1CCC(C(C)(C)Cc2nnn(C)n2)C(=O)C1. The third kappa shape index (κ3) is 2.76. The second-order valence-electron chi connectivity index (χ2n) is 6.27. The summed E-state index contributed by atoms with van der Waals surface area (Å²) in [4.78, 5) is 13.7. The summed E-state index contributed by atoms with van der Waals surface area (Å²) in [6.07, 6.45) is 3.58. The van der Waals surface area contributed by atoms with E-state index in [-0.39, 0.29) is 11.3 Å². The fourth-order valence-corrected chi connectivity index (χ4v) is 2.95. The molecule has 0 spiro atoms. The largest absolute Gasteiger partial charge is 0.299 e. The van der Waals surface area contributed by atoms with Crippen LogP contribution in [0.5, 0.6) is 0 Å². The first-order valence-electron chi connectivity index (χ1n) is 6.64. The van der Waals surface area contributed by atoms with Crippen LogP contribution in [0.2, 0.25) is 0 Å². The number of carbonyl (C=O) groups excluding carboxylic acids is 1. The lowest BCUT2D eigenvalue weighted by Crippen LogP contribution is -2.37. The molecular formula is C13H22N4O. The fourth-order valence-electron chi connectivity index (χ4n) is 2.95. The van der Waals surface area contributed by atoms with Gasteiger partial charge in [-0.15, -0.1) is 10.2 Å². The Hall–Kier alpha value is -1.26. The molecule has 0 bridgehead atoms. The van der Waals surface area contributed by atoms with Crippen molar-refractivity contribution in [2.45, 2.75) is 46.5 Å². The first-order valence-corrected chi connectivity index (χ1v) is 6.64. The Balaban J connectivity index is 2.08. The molecule has 1 saturated carbocycles. The maximum Gasteiger partial charge on any atom is 0.175 e. The number of hydrogen-bond donors (Lipinski definition) is 0.